The highest BCUT2D eigenvalue weighted by Gasteiger charge is 2.50. The van der Waals surface area contributed by atoms with E-state index in [0.29, 0.717) is 11.3 Å². The summed E-state index contributed by atoms with van der Waals surface area (Å²) < 4.78 is 9.69. The number of carbonyl (C=O) groups is 4. The van der Waals surface area contributed by atoms with Gasteiger partial charge in [-0.05, 0) is 39.0 Å². The van der Waals surface area contributed by atoms with Crippen LogP contribution in [0, 0.1) is 0 Å². The Morgan fingerprint density at radius 3 is 2.48 bits per heavy atom. The van der Waals surface area contributed by atoms with E-state index in [1.807, 2.05) is 0 Å². The van der Waals surface area contributed by atoms with E-state index in [0.717, 1.165) is 0 Å². The maximum atomic E-state index is 12.3. The molecule has 1 atom stereocenters. The molecule has 2 rings (SSSR count). The van der Waals surface area contributed by atoms with Crippen molar-refractivity contribution in [2.45, 2.75) is 26.2 Å². The third-order valence-corrected chi connectivity index (χ3v) is 3.93. The summed E-state index contributed by atoms with van der Waals surface area (Å²) in [5, 5.41) is 4.96. The fraction of sp³-hybridized carbons (Fsp3) is 0.412. The first-order chi connectivity index (χ1) is 11.8. The summed E-state index contributed by atoms with van der Waals surface area (Å²) in [6.07, 6.45) is -0.690. The van der Waals surface area contributed by atoms with Crippen LogP contribution in [0.2, 0.25) is 0 Å². The maximum absolute atomic E-state index is 12.3. The number of fused-ring (bicyclic) bond motifs is 1. The zero-order valence-corrected chi connectivity index (χ0v) is 14.3. The number of nitrogens with one attached hydrogen (secondary N) is 2. The number of hydrogen-bond acceptors (Lipinski definition) is 6. The molecule has 0 saturated carbocycles. The minimum atomic E-state index is -1.52. The summed E-state index contributed by atoms with van der Waals surface area (Å²) in [5.74, 6) is -1.56. The Hall–Kier alpha value is -2.90. The van der Waals surface area contributed by atoms with Crippen LogP contribution in [0.5, 0.6) is 0 Å². The van der Waals surface area contributed by atoms with Crippen molar-refractivity contribution in [2.24, 2.45) is 0 Å². The lowest BCUT2D eigenvalue weighted by atomic mass is 9.83. The minimum absolute atomic E-state index is 0.138. The number of ether oxygens (including phenoxy) is 2. The van der Waals surface area contributed by atoms with Crippen LogP contribution in [-0.2, 0) is 24.5 Å². The fourth-order valence-corrected chi connectivity index (χ4v) is 2.52. The second-order valence-electron chi connectivity index (χ2n) is 5.56. The van der Waals surface area contributed by atoms with Gasteiger partial charge in [-0.2, -0.15) is 0 Å². The summed E-state index contributed by atoms with van der Waals surface area (Å²) >= 11 is 0. The number of esters is 1. The molecule has 1 aliphatic heterocycles. The van der Waals surface area contributed by atoms with E-state index in [2.05, 4.69) is 15.4 Å². The number of anilines is 1. The Morgan fingerprint density at radius 2 is 1.84 bits per heavy atom. The van der Waals surface area contributed by atoms with Crippen LogP contribution in [-0.4, -0.2) is 43.5 Å². The molecule has 2 N–H and O–H groups in total. The summed E-state index contributed by atoms with van der Waals surface area (Å²) in [6.45, 7) is 4.84. The number of ketones is 1. The van der Waals surface area contributed by atoms with Gasteiger partial charge in [0.2, 0.25) is 5.91 Å². The third kappa shape index (κ3) is 3.47. The second kappa shape index (κ2) is 7.33. The van der Waals surface area contributed by atoms with Crippen molar-refractivity contribution < 1.29 is 28.7 Å². The lowest BCUT2D eigenvalue weighted by molar-refractivity contribution is -0.152. The zero-order chi connectivity index (χ0) is 18.6. The molecule has 2 amide bonds. The van der Waals surface area contributed by atoms with Crippen molar-refractivity contribution in [2.75, 3.05) is 25.1 Å². The second-order valence-corrected chi connectivity index (χ2v) is 5.56. The van der Waals surface area contributed by atoms with Crippen molar-refractivity contribution in [3.63, 3.8) is 0 Å². The molecule has 0 fully saturated rings. The summed E-state index contributed by atoms with van der Waals surface area (Å²) in [7, 11) is 0. The van der Waals surface area contributed by atoms with E-state index in [-0.39, 0.29) is 31.1 Å². The van der Waals surface area contributed by atoms with E-state index < -0.39 is 23.4 Å². The molecule has 0 aliphatic carbocycles. The Bertz CT molecular complexity index is 730. The minimum Gasteiger partial charge on any atom is -0.465 e. The van der Waals surface area contributed by atoms with Crippen LogP contribution in [0.15, 0.2) is 18.2 Å². The Balaban J connectivity index is 2.25. The van der Waals surface area contributed by atoms with E-state index in [4.69, 9.17) is 4.74 Å². The van der Waals surface area contributed by atoms with Crippen LogP contribution in [0.1, 0.15) is 36.7 Å². The topological polar surface area (TPSA) is 111 Å². The first-order valence-electron chi connectivity index (χ1n) is 7.91. The molecule has 1 heterocycles. The molecular weight excluding hydrogens is 328 g/mol. The lowest BCUT2D eigenvalue weighted by Crippen LogP contribution is -2.41. The highest BCUT2D eigenvalue weighted by Crippen LogP contribution is 2.39. The van der Waals surface area contributed by atoms with Crippen LogP contribution >= 0.6 is 0 Å². The van der Waals surface area contributed by atoms with Crippen LogP contribution in [0.4, 0.5) is 10.5 Å². The van der Waals surface area contributed by atoms with Gasteiger partial charge < -0.3 is 20.1 Å². The lowest BCUT2D eigenvalue weighted by Gasteiger charge is -2.20. The Labute approximate surface area is 144 Å². The van der Waals surface area contributed by atoms with Gasteiger partial charge in [0.1, 0.15) is 0 Å². The molecule has 8 nitrogen and oxygen atoms in total. The van der Waals surface area contributed by atoms with Crippen LogP contribution in [0.25, 0.3) is 0 Å². The number of carbonyl (C=O) groups excluding carboxylic acids is 4. The van der Waals surface area contributed by atoms with Crippen LogP contribution < -0.4 is 10.6 Å². The van der Waals surface area contributed by atoms with Crippen molar-refractivity contribution in [1.82, 2.24) is 5.32 Å². The maximum Gasteiger partial charge on any atom is 0.407 e. The fourth-order valence-electron chi connectivity index (χ4n) is 2.52. The quantitative estimate of drug-likeness (QED) is 0.456. The molecule has 25 heavy (non-hydrogen) atoms. The Morgan fingerprint density at radius 1 is 1.16 bits per heavy atom. The monoisotopic (exact) mass is 348 g/mol. The van der Waals surface area contributed by atoms with Crippen molar-refractivity contribution in [3.05, 3.63) is 29.3 Å². The standard InChI is InChI=1S/C17H20N2O6/c1-4-24-15(22)17(3)11-8-10(6-7-12(11)19-14(17)21)13(20)9-18-16(23)25-5-2/h6-8H,4-5,9H2,1-3H3,(H,18,23)(H,19,21). The molecule has 0 spiro atoms. The largest absolute Gasteiger partial charge is 0.465 e. The van der Waals surface area contributed by atoms with Gasteiger partial charge in [0, 0.05) is 16.8 Å². The highest BCUT2D eigenvalue weighted by molar-refractivity contribution is 6.19. The average Bonchev–Trinajstić information content (AvgIpc) is 2.84. The first-order valence-corrected chi connectivity index (χ1v) is 7.91. The number of benzene rings is 1. The number of alkyl carbamates (subject to hydrolysis) is 1. The average molecular weight is 348 g/mol. The van der Waals surface area contributed by atoms with E-state index in [1.165, 1.54) is 19.1 Å². The molecule has 1 aromatic rings. The normalized spacial score (nSPS) is 18.1. The van der Waals surface area contributed by atoms with Gasteiger partial charge in [-0.25, -0.2) is 4.79 Å². The molecule has 0 bridgehead atoms. The number of rotatable bonds is 6. The smallest absolute Gasteiger partial charge is 0.407 e. The Kier molecular flexibility index (Phi) is 5.41. The molecule has 1 aliphatic rings. The first kappa shape index (κ1) is 18.4. The SMILES string of the molecule is CCOC(=O)NCC(=O)c1ccc2c(c1)C(C)(C(=O)OCC)C(=O)N2. The van der Waals surface area contributed by atoms with Gasteiger partial charge in [0.05, 0.1) is 19.8 Å². The van der Waals surface area contributed by atoms with Gasteiger partial charge in [-0.3, -0.25) is 14.4 Å². The van der Waals surface area contributed by atoms with Gasteiger partial charge >= 0.3 is 12.1 Å². The van der Waals surface area contributed by atoms with Gasteiger partial charge in [-0.1, -0.05) is 0 Å². The molecule has 0 radical (unpaired) electrons. The predicted octanol–water partition coefficient (Wildman–Crippen LogP) is 1.39. The van der Waals surface area contributed by atoms with Crippen molar-refractivity contribution in [3.8, 4) is 0 Å². The van der Waals surface area contributed by atoms with Crippen molar-refractivity contribution in [1.29, 1.82) is 0 Å². The summed E-state index contributed by atoms with van der Waals surface area (Å²) in [5.41, 5.74) is -0.424. The summed E-state index contributed by atoms with van der Waals surface area (Å²) in [4.78, 5) is 48.1. The molecular formula is C17H20N2O6. The molecule has 0 aromatic heterocycles. The van der Waals surface area contributed by atoms with Gasteiger partial charge in [0.25, 0.3) is 0 Å². The summed E-state index contributed by atoms with van der Waals surface area (Å²) in [6, 6.07) is 4.54. The van der Waals surface area contributed by atoms with Crippen LogP contribution in [0.3, 0.4) is 0 Å². The third-order valence-electron chi connectivity index (χ3n) is 3.93. The van der Waals surface area contributed by atoms with E-state index in [9.17, 15) is 19.2 Å². The van der Waals surface area contributed by atoms with E-state index >= 15 is 0 Å². The molecule has 1 aromatic carbocycles. The zero-order valence-electron chi connectivity index (χ0n) is 14.3. The number of amides is 2. The van der Waals surface area contributed by atoms with Gasteiger partial charge in [0.15, 0.2) is 11.2 Å². The van der Waals surface area contributed by atoms with E-state index in [1.54, 1.807) is 19.9 Å². The number of Topliss-reactive ketones (excluding diaryl/α,β-unsaturated/α-hetero) is 1. The van der Waals surface area contributed by atoms with Crippen molar-refractivity contribution >= 4 is 29.4 Å². The van der Waals surface area contributed by atoms with Gasteiger partial charge in [-0.15, -0.1) is 0 Å². The highest BCUT2D eigenvalue weighted by atomic mass is 16.5. The molecule has 134 valence electrons. The predicted molar refractivity (Wildman–Crippen MR) is 88.4 cm³/mol. The molecule has 0 saturated heterocycles. The number of hydrogen-bond donors (Lipinski definition) is 2. The molecule has 1 unspecified atom stereocenters. The molecule has 8 heteroatoms.